The Morgan fingerprint density at radius 2 is 1.86 bits per heavy atom. The van der Waals surface area contributed by atoms with Crippen LogP contribution in [0.4, 0.5) is 4.79 Å². The third kappa shape index (κ3) is 4.41. The van der Waals surface area contributed by atoms with E-state index < -0.39 is 29.9 Å². The summed E-state index contributed by atoms with van der Waals surface area (Å²) >= 11 is 0. The number of carbonyl (C=O) groups excluding carboxylic acids is 4. The first-order valence-electron chi connectivity index (χ1n) is 9.89. The van der Waals surface area contributed by atoms with Crippen LogP contribution in [0.5, 0.6) is 0 Å². The molecule has 1 atom stereocenters. The molecule has 2 N–H and O–H groups in total. The zero-order valence-corrected chi connectivity index (χ0v) is 17.3. The Morgan fingerprint density at radius 3 is 2.41 bits per heavy atom. The van der Waals surface area contributed by atoms with E-state index in [9.17, 15) is 19.2 Å². The van der Waals surface area contributed by atoms with Crippen LogP contribution in [-0.2, 0) is 19.9 Å². The smallest absolute Gasteiger partial charge is 0.325 e. The van der Waals surface area contributed by atoms with E-state index in [1.54, 1.807) is 6.92 Å². The van der Waals surface area contributed by atoms with Crippen LogP contribution in [0.2, 0.25) is 0 Å². The molecule has 0 spiro atoms. The maximum absolute atomic E-state index is 13.0. The van der Waals surface area contributed by atoms with Crippen molar-refractivity contribution in [1.82, 2.24) is 20.4 Å². The average molecular weight is 400 g/mol. The van der Waals surface area contributed by atoms with Crippen LogP contribution in [0.1, 0.15) is 50.7 Å². The minimum Gasteiger partial charge on any atom is -0.352 e. The molecule has 2 fully saturated rings. The highest BCUT2D eigenvalue weighted by Crippen LogP contribution is 2.30. The number of rotatable bonds is 7. The molecule has 1 heterocycles. The van der Waals surface area contributed by atoms with Crippen molar-refractivity contribution in [3.63, 3.8) is 0 Å². The number of imide groups is 1. The van der Waals surface area contributed by atoms with Crippen molar-refractivity contribution in [1.29, 1.82) is 0 Å². The van der Waals surface area contributed by atoms with Crippen LogP contribution in [0.3, 0.4) is 0 Å². The zero-order chi connectivity index (χ0) is 21.3. The first-order chi connectivity index (χ1) is 13.6. The summed E-state index contributed by atoms with van der Waals surface area (Å²) < 4.78 is 0. The number of hydrogen-bond acceptors (Lipinski definition) is 4. The molecule has 0 aromatic heterocycles. The second-order valence-electron chi connectivity index (χ2n) is 8.31. The Bertz CT molecular complexity index is 832. The molecule has 2 aliphatic rings. The predicted octanol–water partition coefficient (Wildman–Crippen LogP) is 1.31. The van der Waals surface area contributed by atoms with E-state index in [0.717, 1.165) is 23.3 Å². The van der Waals surface area contributed by atoms with Gasteiger partial charge in [-0.15, -0.1) is 0 Å². The van der Waals surface area contributed by atoms with E-state index in [0.29, 0.717) is 11.5 Å². The minimum atomic E-state index is -1.23. The van der Waals surface area contributed by atoms with E-state index in [1.165, 1.54) is 11.9 Å². The number of amides is 5. The molecule has 0 unspecified atom stereocenters. The Labute approximate surface area is 170 Å². The summed E-state index contributed by atoms with van der Waals surface area (Å²) in [5.41, 5.74) is 0.564. The number of urea groups is 1. The summed E-state index contributed by atoms with van der Waals surface area (Å²) in [6, 6.07) is 7.12. The van der Waals surface area contributed by atoms with Gasteiger partial charge in [0, 0.05) is 13.1 Å². The normalized spacial score (nSPS) is 21.3. The van der Waals surface area contributed by atoms with Gasteiger partial charge in [0.2, 0.25) is 11.8 Å². The van der Waals surface area contributed by atoms with Gasteiger partial charge in [0.05, 0.1) is 6.54 Å². The molecule has 0 bridgehead atoms. The standard InChI is InChI=1S/C21H28N4O4/c1-13(2)14-5-7-15(8-6-14)21(3)19(28)25(20(29)23-21)12-18(27)24(4)11-17(26)22-16-9-10-16/h5-8,13,16H,9-12H2,1-4H3,(H,22,26)(H,23,29)/t21-/m0/s1. The van der Waals surface area contributed by atoms with Crippen molar-refractivity contribution >= 4 is 23.8 Å². The molecule has 1 saturated carbocycles. The van der Waals surface area contributed by atoms with Crippen LogP contribution in [-0.4, -0.2) is 59.7 Å². The Balaban J connectivity index is 1.66. The molecule has 1 aliphatic heterocycles. The largest absolute Gasteiger partial charge is 0.352 e. The molecule has 1 aliphatic carbocycles. The molecule has 8 nitrogen and oxygen atoms in total. The van der Waals surface area contributed by atoms with Crippen molar-refractivity contribution in [3.05, 3.63) is 35.4 Å². The van der Waals surface area contributed by atoms with Crippen LogP contribution >= 0.6 is 0 Å². The fraction of sp³-hybridized carbons (Fsp3) is 0.524. The number of carbonyl (C=O) groups is 4. The third-order valence-corrected chi connectivity index (χ3v) is 5.47. The topological polar surface area (TPSA) is 98.8 Å². The van der Waals surface area contributed by atoms with Crippen LogP contribution < -0.4 is 10.6 Å². The summed E-state index contributed by atoms with van der Waals surface area (Å²) in [5.74, 6) is -0.842. The van der Waals surface area contributed by atoms with Gasteiger partial charge in [-0.2, -0.15) is 0 Å². The van der Waals surface area contributed by atoms with Crippen molar-refractivity contribution in [3.8, 4) is 0 Å². The lowest BCUT2D eigenvalue weighted by Gasteiger charge is -2.23. The van der Waals surface area contributed by atoms with Gasteiger partial charge in [0.15, 0.2) is 0 Å². The van der Waals surface area contributed by atoms with Gasteiger partial charge >= 0.3 is 6.03 Å². The van der Waals surface area contributed by atoms with E-state index in [4.69, 9.17) is 0 Å². The first-order valence-corrected chi connectivity index (χ1v) is 9.89. The van der Waals surface area contributed by atoms with Gasteiger partial charge in [-0.3, -0.25) is 19.3 Å². The number of nitrogens with zero attached hydrogens (tertiary/aromatic N) is 2. The van der Waals surface area contributed by atoms with Crippen LogP contribution in [0.15, 0.2) is 24.3 Å². The Hall–Kier alpha value is -2.90. The van der Waals surface area contributed by atoms with E-state index in [-0.39, 0.29) is 18.5 Å². The molecule has 0 radical (unpaired) electrons. The molecular weight excluding hydrogens is 372 g/mol. The molecule has 156 valence electrons. The number of likely N-dealkylation sites (N-methyl/N-ethyl adjacent to an activating group) is 1. The third-order valence-electron chi connectivity index (χ3n) is 5.47. The number of benzene rings is 1. The summed E-state index contributed by atoms with van der Waals surface area (Å²) in [5, 5.41) is 5.51. The SMILES string of the molecule is CC(C)c1ccc([C@]2(C)NC(=O)N(CC(=O)N(C)CC(=O)NC3CC3)C2=O)cc1. The number of nitrogens with one attached hydrogen (secondary N) is 2. The highest BCUT2D eigenvalue weighted by molar-refractivity contribution is 6.09. The van der Waals surface area contributed by atoms with Gasteiger partial charge in [0.25, 0.3) is 5.91 Å². The van der Waals surface area contributed by atoms with Crippen molar-refractivity contribution in [2.75, 3.05) is 20.1 Å². The lowest BCUT2D eigenvalue weighted by Crippen LogP contribution is -2.46. The second-order valence-corrected chi connectivity index (χ2v) is 8.31. The Kier molecular flexibility index (Phi) is 5.64. The van der Waals surface area contributed by atoms with Gasteiger partial charge in [-0.1, -0.05) is 38.1 Å². The molecular formula is C21H28N4O4. The van der Waals surface area contributed by atoms with Gasteiger partial charge in [-0.25, -0.2) is 4.79 Å². The summed E-state index contributed by atoms with van der Waals surface area (Å²) in [6.07, 6.45) is 1.92. The lowest BCUT2D eigenvalue weighted by molar-refractivity contribution is -0.139. The molecule has 29 heavy (non-hydrogen) atoms. The summed E-state index contributed by atoms with van der Waals surface area (Å²) in [7, 11) is 1.48. The highest BCUT2D eigenvalue weighted by Gasteiger charge is 2.49. The summed E-state index contributed by atoms with van der Waals surface area (Å²) in [4.78, 5) is 51.9. The van der Waals surface area contributed by atoms with E-state index in [1.807, 2.05) is 24.3 Å². The van der Waals surface area contributed by atoms with Crippen LogP contribution in [0, 0.1) is 0 Å². The fourth-order valence-corrected chi connectivity index (χ4v) is 3.30. The molecule has 1 aromatic rings. The van der Waals surface area contributed by atoms with Crippen LogP contribution in [0.25, 0.3) is 0 Å². The maximum atomic E-state index is 13.0. The molecule has 5 amide bonds. The van der Waals surface area contributed by atoms with E-state index in [2.05, 4.69) is 24.5 Å². The second kappa shape index (κ2) is 7.85. The number of hydrogen-bond donors (Lipinski definition) is 2. The minimum absolute atomic E-state index is 0.104. The zero-order valence-electron chi connectivity index (χ0n) is 17.3. The Morgan fingerprint density at radius 1 is 1.24 bits per heavy atom. The molecule has 8 heteroatoms. The summed E-state index contributed by atoms with van der Waals surface area (Å²) in [6.45, 7) is 5.28. The van der Waals surface area contributed by atoms with Crippen molar-refractivity contribution < 1.29 is 19.2 Å². The molecule has 1 saturated heterocycles. The fourth-order valence-electron chi connectivity index (χ4n) is 3.30. The quantitative estimate of drug-likeness (QED) is 0.674. The predicted molar refractivity (Wildman–Crippen MR) is 107 cm³/mol. The van der Waals surface area contributed by atoms with Gasteiger partial charge in [-0.05, 0) is 36.8 Å². The lowest BCUT2D eigenvalue weighted by atomic mass is 9.90. The first kappa shape index (κ1) is 20.8. The average Bonchev–Trinajstić information content (AvgIpc) is 3.45. The highest BCUT2D eigenvalue weighted by atomic mass is 16.2. The van der Waals surface area contributed by atoms with Crippen molar-refractivity contribution in [2.45, 2.75) is 51.1 Å². The van der Waals surface area contributed by atoms with E-state index >= 15 is 0 Å². The van der Waals surface area contributed by atoms with Gasteiger partial charge in [0.1, 0.15) is 12.1 Å². The van der Waals surface area contributed by atoms with Gasteiger partial charge < -0.3 is 15.5 Å². The monoisotopic (exact) mass is 400 g/mol. The molecule has 1 aromatic carbocycles. The molecule has 3 rings (SSSR count). The van der Waals surface area contributed by atoms with Crippen molar-refractivity contribution in [2.24, 2.45) is 0 Å². The maximum Gasteiger partial charge on any atom is 0.325 e.